The smallest absolute Gasteiger partial charge is 0.285 e. The summed E-state index contributed by atoms with van der Waals surface area (Å²) in [7, 11) is -1.51. The highest BCUT2D eigenvalue weighted by Crippen LogP contribution is 2.24. The summed E-state index contributed by atoms with van der Waals surface area (Å²) in [6, 6.07) is 24.3. The molecule has 0 saturated carbocycles. The molecule has 4 nitrogen and oxygen atoms in total. The first-order valence-corrected chi connectivity index (χ1v) is 9.21. The molecule has 0 saturated heterocycles. The van der Waals surface area contributed by atoms with Crippen LogP contribution in [0, 0.1) is 0 Å². The summed E-state index contributed by atoms with van der Waals surface area (Å²) in [4.78, 5) is 13.6. The molecule has 0 atom stereocenters. The average Bonchev–Trinajstić information content (AvgIpc) is 2.69. The number of carbonyl (C=O) groups excluding carboxylic acids is 1. The van der Waals surface area contributed by atoms with E-state index in [4.69, 9.17) is 4.74 Å². The van der Waals surface area contributed by atoms with Crippen LogP contribution in [-0.4, -0.2) is 17.2 Å². The van der Waals surface area contributed by atoms with Gasteiger partial charge in [0, 0.05) is 5.56 Å². The van der Waals surface area contributed by atoms with Crippen molar-refractivity contribution < 1.29 is 13.7 Å². The van der Waals surface area contributed by atoms with E-state index in [1.165, 1.54) is 0 Å². The van der Waals surface area contributed by atoms with Crippen molar-refractivity contribution in [3.63, 3.8) is 0 Å². The van der Waals surface area contributed by atoms with E-state index >= 15 is 0 Å². The Morgan fingerprint density at radius 1 is 0.800 bits per heavy atom. The van der Waals surface area contributed by atoms with Gasteiger partial charge in [0.05, 0.1) is 16.9 Å². The molecule has 0 aliphatic rings. The molecule has 0 N–H and O–H groups in total. The van der Waals surface area contributed by atoms with Crippen LogP contribution >= 0.6 is 0 Å². The number of amides is 1. The molecule has 0 unspecified atom stereocenters. The van der Waals surface area contributed by atoms with E-state index < -0.39 is 15.6 Å². The number of benzene rings is 3. The van der Waals surface area contributed by atoms with E-state index in [0.29, 0.717) is 21.1 Å². The second-order valence-corrected chi connectivity index (χ2v) is 7.45. The summed E-state index contributed by atoms with van der Waals surface area (Å²) < 4.78 is 22.9. The zero-order valence-electron chi connectivity index (χ0n) is 13.7. The van der Waals surface area contributed by atoms with Crippen molar-refractivity contribution in [2.45, 2.75) is 9.79 Å². The molecule has 1 amide bonds. The SMILES string of the molecule is COc1ccc(C(=O)N=S(=O)(c2ccccc2)c2ccccc2)cc1. The standard InChI is InChI=1S/C20H17NO3S/c1-24-17-14-12-16(13-15-17)20(22)21-25(23,18-8-4-2-5-9-18)19-10-6-3-7-11-19/h2-15H,1H3. The van der Waals surface area contributed by atoms with Gasteiger partial charge in [-0.15, -0.1) is 4.36 Å². The van der Waals surface area contributed by atoms with E-state index in [1.54, 1.807) is 79.9 Å². The molecule has 25 heavy (non-hydrogen) atoms. The lowest BCUT2D eigenvalue weighted by Crippen LogP contribution is -2.06. The van der Waals surface area contributed by atoms with Gasteiger partial charge in [0.25, 0.3) is 5.91 Å². The van der Waals surface area contributed by atoms with Crippen LogP contribution in [0.4, 0.5) is 0 Å². The largest absolute Gasteiger partial charge is 0.497 e. The number of hydrogen-bond donors (Lipinski definition) is 0. The van der Waals surface area contributed by atoms with Crippen LogP contribution in [0.25, 0.3) is 0 Å². The third-order valence-electron chi connectivity index (χ3n) is 3.67. The minimum atomic E-state index is -3.07. The highest BCUT2D eigenvalue weighted by molar-refractivity contribution is 7.94. The topological polar surface area (TPSA) is 55.7 Å². The molecule has 3 rings (SSSR count). The fourth-order valence-electron chi connectivity index (χ4n) is 2.35. The summed E-state index contributed by atoms with van der Waals surface area (Å²) in [5, 5.41) is 0. The Balaban J connectivity index is 2.13. The zero-order chi connectivity index (χ0) is 17.7. The van der Waals surface area contributed by atoms with Crippen LogP contribution in [0.2, 0.25) is 0 Å². The number of rotatable bonds is 4. The van der Waals surface area contributed by atoms with Gasteiger partial charge in [0.1, 0.15) is 15.5 Å². The molecule has 0 fully saturated rings. The van der Waals surface area contributed by atoms with Gasteiger partial charge in [0.15, 0.2) is 0 Å². The van der Waals surface area contributed by atoms with Crippen molar-refractivity contribution in [3.05, 3.63) is 90.5 Å². The third kappa shape index (κ3) is 3.61. The van der Waals surface area contributed by atoms with E-state index in [0.717, 1.165) is 0 Å². The van der Waals surface area contributed by atoms with Crippen molar-refractivity contribution in [2.75, 3.05) is 7.11 Å². The molecule has 0 bridgehead atoms. The summed E-state index contributed by atoms with van der Waals surface area (Å²) in [5.41, 5.74) is 0.361. The van der Waals surface area contributed by atoms with E-state index in [2.05, 4.69) is 4.36 Å². The fraction of sp³-hybridized carbons (Fsp3) is 0.0500. The molecule has 0 aromatic heterocycles. The van der Waals surface area contributed by atoms with Crippen LogP contribution in [0.1, 0.15) is 10.4 Å². The van der Waals surface area contributed by atoms with Gasteiger partial charge in [-0.3, -0.25) is 4.79 Å². The first kappa shape index (κ1) is 16.9. The maximum Gasteiger partial charge on any atom is 0.285 e. The summed E-state index contributed by atoms with van der Waals surface area (Å²) >= 11 is 0. The normalized spacial score (nSPS) is 10.9. The lowest BCUT2D eigenvalue weighted by Gasteiger charge is -2.10. The predicted octanol–water partition coefficient (Wildman–Crippen LogP) is 4.42. The van der Waals surface area contributed by atoms with Crippen molar-refractivity contribution >= 4 is 15.6 Å². The summed E-state index contributed by atoms with van der Waals surface area (Å²) in [6.07, 6.45) is 0. The molecular weight excluding hydrogens is 334 g/mol. The van der Waals surface area contributed by atoms with Crippen LogP contribution in [0.5, 0.6) is 5.75 Å². The Morgan fingerprint density at radius 2 is 1.28 bits per heavy atom. The minimum Gasteiger partial charge on any atom is -0.497 e. The van der Waals surface area contributed by atoms with Crippen LogP contribution in [-0.2, 0) is 9.73 Å². The van der Waals surface area contributed by atoms with Crippen molar-refractivity contribution in [1.29, 1.82) is 0 Å². The first-order chi connectivity index (χ1) is 12.1. The second-order valence-electron chi connectivity index (χ2n) is 5.28. The van der Waals surface area contributed by atoms with E-state index in [9.17, 15) is 9.00 Å². The quantitative estimate of drug-likeness (QED) is 0.699. The lowest BCUT2D eigenvalue weighted by molar-refractivity contribution is 0.100. The van der Waals surface area contributed by atoms with Crippen LogP contribution < -0.4 is 4.74 Å². The Morgan fingerprint density at radius 3 is 1.72 bits per heavy atom. The number of nitrogens with zero attached hydrogens (tertiary/aromatic N) is 1. The average molecular weight is 351 g/mol. The Hall–Kier alpha value is -2.92. The molecule has 0 heterocycles. The van der Waals surface area contributed by atoms with Gasteiger partial charge in [-0.05, 0) is 48.5 Å². The molecular formula is C20H17NO3S. The number of methoxy groups -OCH3 is 1. The van der Waals surface area contributed by atoms with Crippen molar-refractivity contribution in [2.24, 2.45) is 4.36 Å². The second kappa shape index (κ2) is 7.32. The molecule has 5 heteroatoms. The monoisotopic (exact) mass is 351 g/mol. The Kier molecular flexibility index (Phi) is 4.95. The zero-order valence-corrected chi connectivity index (χ0v) is 14.5. The number of carbonyl (C=O) groups is 1. The minimum absolute atomic E-state index is 0.361. The van der Waals surface area contributed by atoms with Gasteiger partial charge < -0.3 is 4.74 Å². The fourth-order valence-corrected chi connectivity index (χ4v) is 4.23. The van der Waals surface area contributed by atoms with Crippen molar-refractivity contribution in [1.82, 2.24) is 0 Å². The van der Waals surface area contributed by atoms with E-state index in [1.807, 2.05) is 12.1 Å². The highest BCUT2D eigenvalue weighted by Gasteiger charge is 2.18. The van der Waals surface area contributed by atoms with Gasteiger partial charge in [-0.1, -0.05) is 36.4 Å². The lowest BCUT2D eigenvalue weighted by atomic mass is 10.2. The summed E-state index contributed by atoms with van der Waals surface area (Å²) in [6.45, 7) is 0. The first-order valence-electron chi connectivity index (χ1n) is 7.69. The molecule has 0 aliphatic carbocycles. The van der Waals surface area contributed by atoms with Gasteiger partial charge in [0.2, 0.25) is 0 Å². The third-order valence-corrected chi connectivity index (χ3v) is 5.92. The Bertz CT molecular complexity index is 929. The molecule has 3 aromatic carbocycles. The van der Waals surface area contributed by atoms with Gasteiger partial charge >= 0.3 is 0 Å². The Labute approximate surface area is 147 Å². The molecule has 0 radical (unpaired) electrons. The number of ether oxygens (including phenoxy) is 1. The molecule has 126 valence electrons. The highest BCUT2D eigenvalue weighted by atomic mass is 32.2. The molecule has 0 aliphatic heterocycles. The van der Waals surface area contributed by atoms with Crippen LogP contribution in [0.3, 0.4) is 0 Å². The van der Waals surface area contributed by atoms with Gasteiger partial charge in [-0.25, -0.2) is 4.21 Å². The maximum atomic E-state index is 13.7. The van der Waals surface area contributed by atoms with Gasteiger partial charge in [-0.2, -0.15) is 0 Å². The van der Waals surface area contributed by atoms with Crippen molar-refractivity contribution in [3.8, 4) is 5.75 Å². The molecule has 3 aromatic rings. The number of hydrogen-bond acceptors (Lipinski definition) is 3. The maximum absolute atomic E-state index is 13.7. The molecule has 0 spiro atoms. The summed E-state index contributed by atoms with van der Waals surface area (Å²) in [5.74, 6) is 0.115. The van der Waals surface area contributed by atoms with E-state index in [-0.39, 0.29) is 0 Å². The van der Waals surface area contributed by atoms with Crippen LogP contribution in [0.15, 0.2) is 99.1 Å². The predicted molar refractivity (Wildman–Crippen MR) is 97.3 cm³/mol.